The molecule has 1 atom stereocenters. The smallest absolute Gasteiger partial charge is 0.115 e. The zero-order chi connectivity index (χ0) is 14.5. The molecule has 21 heavy (non-hydrogen) atoms. The molecule has 1 unspecified atom stereocenters. The van der Waals surface area contributed by atoms with Crippen LogP contribution in [0, 0.1) is 0 Å². The van der Waals surface area contributed by atoms with Crippen LogP contribution >= 0.6 is 11.8 Å². The fraction of sp³-hybridized carbons (Fsp3) is 0.0526. The molecule has 0 aliphatic rings. The van der Waals surface area contributed by atoms with Gasteiger partial charge >= 0.3 is 0 Å². The Kier molecular flexibility index (Phi) is 4.27. The lowest BCUT2D eigenvalue weighted by Gasteiger charge is -2.18. The average molecular weight is 292 g/mol. The van der Waals surface area contributed by atoms with Gasteiger partial charge in [-0.3, -0.25) is 0 Å². The number of phenols is 1. The highest BCUT2D eigenvalue weighted by Crippen LogP contribution is 2.40. The summed E-state index contributed by atoms with van der Waals surface area (Å²) in [5.41, 5.74) is 2.45. The van der Waals surface area contributed by atoms with Gasteiger partial charge in [0.05, 0.1) is 5.25 Å². The summed E-state index contributed by atoms with van der Waals surface area (Å²) in [6.45, 7) is 0. The van der Waals surface area contributed by atoms with Gasteiger partial charge in [0, 0.05) is 4.90 Å². The lowest BCUT2D eigenvalue weighted by Crippen LogP contribution is -1.96. The highest BCUT2D eigenvalue weighted by molar-refractivity contribution is 7.99. The van der Waals surface area contributed by atoms with Gasteiger partial charge in [-0.25, -0.2) is 0 Å². The summed E-state index contributed by atoms with van der Waals surface area (Å²) in [5, 5.41) is 9.71. The van der Waals surface area contributed by atoms with Gasteiger partial charge in [-0.2, -0.15) is 0 Å². The first-order valence-electron chi connectivity index (χ1n) is 6.88. The maximum absolute atomic E-state index is 9.49. The average Bonchev–Trinajstić information content (AvgIpc) is 2.55. The Morgan fingerprint density at radius 3 is 1.76 bits per heavy atom. The number of rotatable bonds is 4. The minimum Gasteiger partial charge on any atom is -0.508 e. The molecule has 0 aromatic heterocycles. The summed E-state index contributed by atoms with van der Waals surface area (Å²) >= 11 is 1.82. The molecule has 1 N–H and O–H groups in total. The van der Waals surface area contributed by atoms with E-state index in [0.717, 1.165) is 0 Å². The molecular formula is C19H16OS. The molecule has 1 nitrogen and oxygen atoms in total. The van der Waals surface area contributed by atoms with E-state index in [1.54, 1.807) is 12.1 Å². The third-order valence-corrected chi connectivity index (χ3v) is 4.62. The molecule has 0 saturated heterocycles. The van der Waals surface area contributed by atoms with Gasteiger partial charge in [0.1, 0.15) is 5.75 Å². The van der Waals surface area contributed by atoms with E-state index in [9.17, 15) is 5.11 Å². The topological polar surface area (TPSA) is 20.2 Å². The van der Waals surface area contributed by atoms with Crippen LogP contribution in [0.25, 0.3) is 0 Å². The standard InChI is InChI=1S/C19H16OS/c20-17-13-11-16(12-14-17)19(15-7-3-1-4-8-15)21-18-9-5-2-6-10-18/h1-14,19-20H. The first-order valence-corrected chi connectivity index (χ1v) is 7.76. The summed E-state index contributed by atoms with van der Waals surface area (Å²) in [5.74, 6) is 0.301. The van der Waals surface area contributed by atoms with Crippen molar-refractivity contribution >= 4 is 11.8 Å². The van der Waals surface area contributed by atoms with Crippen LogP contribution in [-0.4, -0.2) is 5.11 Å². The molecule has 0 aliphatic heterocycles. The second-order valence-electron chi connectivity index (χ2n) is 4.81. The molecule has 0 amide bonds. The fourth-order valence-corrected chi connectivity index (χ4v) is 3.41. The van der Waals surface area contributed by atoms with Gasteiger partial charge in [0.25, 0.3) is 0 Å². The molecule has 2 heteroatoms. The molecular weight excluding hydrogens is 276 g/mol. The quantitative estimate of drug-likeness (QED) is 0.661. The van der Waals surface area contributed by atoms with Crippen molar-refractivity contribution in [2.75, 3.05) is 0 Å². The Balaban J connectivity index is 1.97. The SMILES string of the molecule is Oc1ccc(C(Sc2ccccc2)c2ccccc2)cc1. The van der Waals surface area contributed by atoms with Crippen molar-refractivity contribution in [3.63, 3.8) is 0 Å². The summed E-state index contributed by atoms with van der Waals surface area (Å²) in [6, 6.07) is 28.3. The van der Waals surface area contributed by atoms with Gasteiger partial charge in [-0.15, -0.1) is 11.8 Å². The monoisotopic (exact) mass is 292 g/mol. The van der Waals surface area contributed by atoms with Crippen LogP contribution in [-0.2, 0) is 0 Å². The normalized spacial score (nSPS) is 12.0. The van der Waals surface area contributed by atoms with Crippen LogP contribution < -0.4 is 0 Å². The Morgan fingerprint density at radius 2 is 1.14 bits per heavy atom. The molecule has 3 aromatic carbocycles. The van der Waals surface area contributed by atoms with Crippen molar-refractivity contribution in [3.05, 3.63) is 96.1 Å². The van der Waals surface area contributed by atoms with E-state index in [1.807, 2.05) is 36.0 Å². The van der Waals surface area contributed by atoms with Crippen LogP contribution in [0.5, 0.6) is 5.75 Å². The summed E-state index contributed by atoms with van der Waals surface area (Å²) < 4.78 is 0. The van der Waals surface area contributed by atoms with Gasteiger partial charge in [0.15, 0.2) is 0 Å². The number of aromatic hydroxyl groups is 1. The Hall–Kier alpha value is -2.19. The molecule has 0 radical (unpaired) electrons. The zero-order valence-corrected chi connectivity index (χ0v) is 12.3. The highest BCUT2D eigenvalue weighted by Gasteiger charge is 2.15. The van der Waals surface area contributed by atoms with Crippen LogP contribution in [0.15, 0.2) is 89.8 Å². The maximum Gasteiger partial charge on any atom is 0.115 e. The minimum atomic E-state index is 0.217. The summed E-state index contributed by atoms with van der Waals surface area (Å²) in [6.07, 6.45) is 0. The van der Waals surface area contributed by atoms with Crippen LogP contribution in [0.2, 0.25) is 0 Å². The number of phenolic OH excluding ortho intramolecular Hbond substituents is 1. The Bertz CT molecular complexity index is 678. The van der Waals surface area contributed by atoms with Gasteiger partial charge in [-0.05, 0) is 35.4 Å². The van der Waals surface area contributed by atoms with Crippen LogP contribution in [0.3, 0.4) is 0 Å². The van der Waals surface area contributed by atoms with E-state index >= 15 is 0 Å². The Labute approximate surface area is 129 Å². The summed E-state index contributed by atoms with van der Waals surface area (Å²) in [4.78, 5) is 1.24. The number of hydrogen-bond donors (Lipinski definition) is 1. The molecule has 3 rings (SSSR count). The molecule has 104 valence electrons. The predicted octanol–water partition coefficient (Wildman–Crippen LogP) is 5.27. The predicted molar refractivity (Wildman–Crippen MR) is 88.7 cm³/mol. The van der Waals surface area contributed by atoms with E-state index in [-0.39, 0.29) is 5.25 Å². The van der Waals surface area contributed by atoms with Crippen molar-refractivity contribution in [1.29, 1.82) is 0 Å². The van der Waals surface area contributed by atoms with Gasteiger partial charge in [0.2, 0.25) is 0 Å². The van der Waals surface area contributed by atoms with E-state index in [1.165, 1.54) is 16.0 Å². The van der Waals surface area contributed by atoms with Crippen LogP contribution in [0.4, 0.5) is 0 Å². The van der Waals surface area contributed by atoms with Gasteiger partial charge in [-0.1, -0.05) is 60.7 Å². The zero-order valence-electron chi connectivity index (χ0n) is 11.5. The highest BCUT2D eigenvalue weighted by atomic mass is 32.2. The number of benzene rings is 3. The largest absolute Gasteiger partial charge is 0.508 e. The molecule has 3 aromatic rings. The van der Waals surface area contributed by atoms with Gasteiger partial charge < -0.3 is 5.11 Å². The second kappa shape index (κ2) is 6.51. The summed E-state index contributed by atoms with van der Waals surface area (Å²) in [7, 11) is 0. The minimum absolute atomic E-state index is 0.217. The second-order valence-corrected chi connectivity index (χ2v) is 5.99. The van der Waals surface area contributed by atoms with E-state index in [2.05, 4.69) is 48.5 Å². The fourth-order valence-electron chi connectivity index (χ4n) is 2.24. The third-order valence-electron chi connectivity index (χ3n) is 3.30. The molecule has 0 fully saturated rings. The number of hydrogen-bond acceptors (Lipinski definition) is 2. The van der Waals surface area contributed by atoms with Crippen molar-refractivity contribution in [2.45, 2.75) is 10.1 Å². The van der Waals surface area contributed by atoms with Crippen molar-refractivity contribution in [1.82, 2.24) is 0 Å². The maximum atomic E-state index is 9.49. The number of thioether (sulfide) groups is 1. The molecule has 0 spiro atoms. The van der Waals surface area contributed by atoms with E-state index in [4.69, 9.17) is 0 Å². The van der Waals surface area contributed by atoms with Crippen molar-refractivity contribution in [3.8, 4) is 5.75 Å². The molecule has 0 bridgehead atoms. The Morgan fingerprint density at radius 1 is 0.619 bits per heavy atom. The third kappa shape index (κ3) is 3.47. The van der Waals surface area contributed by atoms with Crippen molar-refractivity contribution < 1.29 is 5.11 Å². The molecule has 0 heterocycles. The lowest BCUT2D eigenvalue weighted by atomic mass is 10.0. The van der Waals surface area contributed by atoms with Crippen LogP contribution in [0.1, 0.15) is 16.4 Å². The van der Waals surface area contributed by atoms with E-state index in [0.29, 0.717) is 5.75 Å². The lowest BCUT2D eigenvalue weighted by molar-refractivity contribution is 0.475. The molecule has 0 saturated carbocycles. The molecule has 0 aliphatic carbocycles. The van der Waals surface area contributed by atoms with Crippen molar-refractivity contribution in [2.24, 2.45) is 0 Å². The first-order chi connectivity index (χ1) is 10.3. The first kappa shape index (κ1) is 13.8. The van der Waals surface area contributed by atoms with E-state index < -0.39 is 0 Å².